The first-order valence-electron chi connectivity index (χ1n) is 3.57. The van der Waals surface area contributed by atoms with Gasteiger partial charge in [-0.1, -0.05) is 13.5 Å². The molecule has 1 rings (SSSR count). The Morgan fingerprint density at radius 2 is 2.45 bits per heavy atom. The van der Waals surface area contributed by atoms with Crippen LogP contribution in [0.4, 0.5) is 0 Å². The molecule has 0 amide bonds. The quantitative estimate of drug-likeness (QED) is 0.443. The molecule has 3 heteroatoms. The average molecular weight is 153 g/mol. The second-order valence-electron chi connectivity index (χ2n) is 2.49. The summed E-state index contributed by atoms with van der Waals surface area (Å²) in [6.45, 7) is 7.11. The third-order valence-corrected chi connectivity index (χ3v) is 1.75. The first kappa shape index (κ1) is 7.98. The van der Waals surface area contributed by atoms with Gasteiger partial charge in [0.25, 0.3) is 0 Å². The van der Waals surface area contributed by atoms with Gasteiger partial charge < -0.3 is 4.74 Å². The minimum atomic E-state index is -0.777. The van der Waals surface area contributed by atoms with Crippen LogP contribution < -0.4 is 0 Å². The van der Waals surface area contributed by atoms with Crippen LogP contribution in [0.25, 0.3) is 0 Å². The summed E-state index contributed by atoms with van der Waals surface area (Å²) in [5.74, 6) is -0.341. The number of hydrogen-bond acceptors (Lipinski definition) is 3. The van der Waals surface area contributed by atoms with Crippen molar-refractivity contribution in [2.75, 3.05) is 0 Å². The molecular weight excluding hydrogens is 142 g/mol. The Bertz CT molecular complexity index is 232. The zero-order chi connectivity index (χ0) is 8.48. The number of esters is 1. The molecule has 0 aromatic rings. The molecule has 0 radical (unpaired) electrons. The predicted octanol–water partition coefficient (Wildman–Crippen LogP) is 1.30. The minimum absolute atomic E-state index is 0.341. The lowest BCUT2D eigenvalue weighted by Crippen LogP contribution is -2.23. The summed E-state index contributed by atoms with van der Waals surface area (Å²) in [4.78, 5) is 15.0. The van der Waals surface area contributed by atoms with Gasteiger partial charge in [0.2, 0.25) is 5.72 Å². The molecule has 0 spiro atoms. The topological polar surface area (TPSA) is 38.7 Å². The number of rotatable bonds is 2. The van der Waals surface area contributed by atoms with Gasteiger partial charge in [0, 0.05) is 6.42 Å². The maximum Gasteiger partial charge on any atom is 0.354 e. The van der Waals surface area contributed by atoms with E-state index >= 15 is 0 Å². The predicted molar refractivity (Wildman–Crippen MR) is 42.4 cm³/mol. The smallest absolute Gasteiger partial charge is 0.354 e. The lowest BCUT2D eigenvalue weighted by atomic mass is 10.2. The third kappa shape index (κ3) is 1.18. The SMILES string of the molecule is C=CC1(CC)N=C(C)C(=O)O1. The van der Waals surface area contributed by atoms with Crippen LogP contribution in [0, 0.1) is 0 Å². The van der Waals surface area contributed by atoms with Gasteiger partial charge in [0.15, 0.2) is 0 Å². The summed E-state index contributed by atoms with van der Waals surface area (Å²) in [7, 11) is 0. The van der Waals surface area contributed by atoms with Crippen LogP contribution in [0.15, 0.2) is 17.6 Å². The van der Waals surface area contributed by atoms with E-state index in [0.717, 1.165) is 0 Å². The van der Waals surface area contributed by atoms with Crippen LogP contribution in [-0.4, -0.2) is 17.4 Å². The fraction of sp³-hybridized carbons (Fsp3) is 0.500. The van der Waals surface area contributed by atoms with Gasteiger partial charge in [0.1, 0.15) is 5.71 Å². The molecule has 0 aromatic carbocycles. The zero-order valence-corrected chi connectivity index (χ0v) is 6.76. The normalized spacial score (nSPS) is 29.6. The highest BCUT2D eigenvalue weighted by atomic mass is 16.6. The van der Waals surface area contributed by atoms with Crippen LogP contribution in [-0.2, 0) is 9.53 Å². The average Bonchev–Trinajstić information content (AvgIpc) is 2.29. The molecule has 1 atom stereocenters. The summed E-state index contributed by atoms with van der Waals surface area (Å²) < 4.78 is 5.00. The summed E-state index contributed by atoms with van der Waals surface area (Å²) in [5, 5.41) is 0. The highest BCUT2D eigenvalue weighted by Crippen LogP contribution is 2.24. The Morgan fingerprint density at radius 1 is 1.82 bits per heavy atom. The van der Waals surface area contributed by atoms with Gasteiger partial charge in [-0.3, -0.25) is 0 Å². The molecule has 1 aliphatic rings. The van der Waals surface area contributed by atoms with E-state index in [1.807, 2.05) is 6.92 Å². The number of carbonyl (C=O) groups is 1. The second kappa shape index (κ2) is 2.49. The maximum atomic E-state index is 10.9. The Labute approximate surface area is 65.8 Å². The number of cyclic esters (lactones) is 1. The molecule has 3 nitrogen and oxygen atoms in total. The lowest BCUT2D eigenvalue weighted by Gasteiger charge is -2.17. The highest BCUT2D eigenvalue weighted by Gasteiger charge is 2.35. The molecule has 0 bridgehead atoms. The first-order valence-corrected chi connectivity index (χ1v) is 3.57. The largest absolute Gasteiger partial charge is 0.429 e. The van der Waals surface area contributed by atoms with E-state index in [2.05, 4.69) is 11.6 Å². The molecular formula is C8H11NO2. The zero-order valence-electron chi connectivity index (χ0n) is 6.76. The summed E-state index contributed by atoms with van der Waals surface area (Å²) >= 11 is 0. The molecule has 0 N–H and O–H groups in total. The summed E-state index contributed by atoms with van der Waals surface area (Å²) in [6, 6.07) is 0. The monoisotopic (exact) mass is 153 g/mol. The van der Waals surface area contributed by atoms with E-state index < -0.39 is 5.72 Å². The summed E-state index contributed by atoms with van der Waals surface area (Å²) in [5.41, 5.74) is -0.354. The van der Waals surface area contributed by atoms with Crippen molar-refractivity contribution in [1.29, 1.82) is 0 Å². The molecule has 1 heterocycles. The second-order valence-corrected chi connectivity index (χ2v) is 2.49. The van der Waals surface area contributed by atoms with E-state index in [0.29, 0.717) is 12.1 Å². The Balaban J connectivity index is 2.93. The Morgan fingerprint density at radius 3 is 2.64 bits per heavy atom. The van der Waals surface area contributed by atoms with Gasteiger partial charge in [-0.05, 0) is 13.0 Å². The molecule has 0 aliphatic carbocycles. The minimum Gasteiger partial charge on any atom is -0.429 e. The molecule has 0 fully saturated rings. The number of carbonyl (C=O) groups excluding carboxylic acids is 1. The van der Waals surface area contributed by atoms with E-state index in [1.54, 1.807) is 13.0 Å². The molecule has 1 unspecified atom stereocenters. The number of hydrogen-bond donors (Lipinski definition) is 0. The van der Waals surface area contributed by atoms with Crippen LogP contribution in [0.5, 0.6) is 0 Å². The van der Waals surface area contributed by atoms with Crippen molar-refractivity contribution in [1.82, 2.24) is 0 Å². The number of nitrogens with zero attached hydrogens (tertiary/aromatic N) is 1. The third-order valence-electron chi connectivity index (χ3n) is 1.75. The molecule has 0 aromatic heterocycles. The van der Waals surface area contributed by atoms with E-state index in [9.17, 15) is 4.79 Å². The molecule has 0 saturated carbocycles. The van der Waals surface area contributed by atoms with Gasteiger partial charge in [-0.2, -0.15) is 0 Å². The van der Waals surface area contributed by atoms with Crippen molar-refractivity contribution < 1.29 is 9.53 Å². The lowest BCUT2D eigenvalue weighted by molar-refractivity contribution is -0.142. The van der Waals surface area contributed by atoms with Crippen molar-refractivity contribution >= 4 is 11.7 Å². The van der Waals surface area contributed by atoms with Crippen LogP contribution >= 0.6 is 0 Å². The van der Waals surface area contributed by atoms with Crippen molar-refractivity contribution in [3.05, 3.63) is 12.7 Å². The first-order chi connectivity index (χ1) is 5.13. The number of ether oxygens (including phenoxy) is 1. The van der Waals surface area contributed by atoms with E-state index in [-0.39, 0.29) is 5.97 Å². The van der Waals surface area contributed by atoms with Gasteiger partial charge >= 0.3 is 5.97 Å². The van der Waals surface area contributed by atoms with Crippen LogP contribution in [0.1, 0.15) is 20.3 Å². The fourth-order valence-electron chi connectivity index (χ4n) is 0.970. The number of aliphatic imine (C=N–C) groups is 1. The Hall–Kier alpha value is -1.12. The van der Waals surface area contributed by atoms with Crippen molar-refractivity contribution in [2.24, 2.45) is 4.99 Å². The molecule has 1 aliphatic heterocycles. The van der Waals surface area contributed by atoms with E-state index in [1.165, 1.54) is 0 Å². The standard InChI is InChI=1S/C8H11NO2/c1-4-8(5-2)9-6(3)7(10)11-8/h4H,1,5H2,2-3H3. The molecule has 0 saturated heterocycles. The van der Waals surface area contributed by atoms with Crippen LogP contribution in [0.2, 0.25) is 0 Å². The Kier molecular flexibility index (Phi) is 1.81. The van der Waals surface area contributed by atoms with Gasteiger partial charge in [0.05, 0.1) is 0 Å². The fourth-order valence-corrected chi connectivity index (χ4v) is 0.970. The van der Waals surface area contributed by atoms with Gasteiger partial charge in [-0.15, -0.1) is 0 Å². The highest BCUT2D eigenvalue weighted by molar-refractivity contribution is 6.36. The van der Waals surface area contributed by atoms with Crippen molar-refractivity contribution in [2.45, 2.75) is 26.0 Å². The van der Waals surface area contributed by atoms with Gasteiger partial charge in [-0.25, -0.2) is 9.79 Å². The van der Waals surface area contributed by atoms with Crippen molar-refractivity contribution in [3.8, 4) is 0 Å². The van der Waals surface area contributed by atoms with Crippen LogP contribution in [0.3, 0.4) is 0 Å². The molecule has 11 heavy (non-hydrogen) atoms. The summed E-state index contributed by atoms with van der Waals surface area (Å²) in [6.07, 6.45) is 2.20. The molecule has 60 valence electrons. The van der Waals surface area contributed by atoms with E-state index in [4.69, 9.17) is 4.74 Å². The van der Waals surface area contributed by atoms with Crippen molar-refractivity contribution in [3.63, 3.8) is 0 Å². The maximum absolute atomic E-state index is 10.9.